The maximum absolute atomic E-state index is 10.8. The zero-order valence-electron chi connectivity index (χ0n) is 9.92. The average molecular weight is 214 g/mol. The molecule has 4 heteroatoms. The molecule has 0 aromatic rings. The highest BCUT2D eigenvalue weighted by Gasteiger charge is 2.42. The normalized spacial score (nSPS) is 19.3. The van der Waals surface area contributed by atoms with E-state index in [2.05, 4.69) is 24.1 Å². The summed E-state index contributed by atoms with van der Waals surface area (Å²) in [4.78, 5) is 13.0. The molecule has 0 bridgehead atoms. The standard InChI is InChI=1S/C11H22N2O2/c1-9(2)4-5-13(3)11(6-10(14)15)7-12-8-11/h9,12H,4-8H2,1-3H3,(H,14,15). The van der Waals surface area contributed by atoms with Crippen LogP contribution in [0.2, 0.25) is 0 Å². The lowest BCUT2D eigenvalue weighted by Crippen LogP contribution is -2.68. The Morgan fingerprint density at radius 1 is 1.53 bits per heavy atom. The molecule has 88 valence electrons. The van der Waals surface area contributed by atoms with Crippen molar-refractivity contribution in [1.82, 2.24) is 10.2 Å². The number of carboxylic acid groups (broad SMARTS) is 1. The van der Waals surface area contributed by atoms with Gasteiger partial charge in [0.25, 0.3) is 0 Å². The molecule has 0 aliphatic carbocycles. The number of carbonyl (C=O) groups is 1. The van der Waals surface area contributed by atoms with E-state index >= 15 is 0 Å². The highest BCUT2D eigenvalue weighted by molar-refractivity contribution is 5.68. The van der Waals surface area contributed by atoms with E-state index in [9.17, 15) is 4.79 Å². The summed E-state index contributed by atoms with van der Waals surface area (Å²) in [7, 11) is 2.03. The van der Waals surface area contributed by atoms with Gasteiger partial charge in [0.1, 0.15) is 0 Å². The minimum Gasteiger partial charge on any atom is -0.481 e. The van der Waals surface area contributed by atoms with Gasteiger partial charge in [0.05, 0.1) is 12.0 Å². The molecule has 0 unspecified atom stereocenters. The van der Waals surface area contributed by atoms with Crippen LogP contribution in [0.15, 0.2) is 0 Å². The van der Waals surface area contributed by atoms with Gasteiger partial charge in [0.2, 0.25) is 0 Å². The molecule has 15 heavy (non-hydrogen) atoms. The number of hydrogen-bond donors (Lipinski definition) is 2. The molecule has 0 saturated carbocycles. The van der Waals surface area contributed by atoms with Crippen molar-refractivity contribution in [2.45, 2.75) is 32.2 Å². The Hall–Kier alpha value is -0.610. The zero-order chi connectivity index (χ0) is 11.5. The van der Waals surface area contributed by atoms with Gasteiger partial charge in [-0.3, -0.25) is 9.69 Å². The molecular formula is C11H22N2O2. The third-order valence-electron chi connectivity index (χ3n) is 3.24. The zero-order valence-corrected chi connectivity index (χ0v) is 9.92. The Morgan fingerprint density at radius 3 is 2.47 bits per heavy atom. The van der Waals surface area contributed by atoms with Crippen molar-refractivity contribution in [3.63, 3.8) is 0 Å². The van der Waals surface area contributed by atoms with Crippen LogP contribution < -0.4 is 5.32 Å². The molecule has 1 fully saturated rings. The van der Waals surface area contributed by atoms with Gasteiger partial charge in [-0.2, -0.15) is 0 Å². The molecule has 0 atom stereocenters. The Bertz CT molecular complexity index is 225. The number of nitrogens with one attached hydrogen (secondary N) is 1. The summed E-state index contributed by atoms with van der Waals surface area (Å²) in [6.07, 6.45) is 1.37. The lowest BCUT2D eigenvalue weighted by atomic mass is 9.86. The van der Waals surface area contributed by atoms with Crippen LogP contribution in [0.5, 0.6) is 0 Å². The molecule has 1 aliphatic rings. The first-order chi connectivity index (χ1) is 6.96. The van der Waals surface area contributed by atoms with Crippen LogP contribution in [-0.4, -0.2) is 48.2 Å². The van der Waals surface area contributed by atoms with E-state index in [-0.39, 0.29) is 12.0 Å². The maximum atomic E-state index is 10.8. The third kappa shape index (κ3) is 3.18. The van der Waals surface area contributed by atoms with Crippen LogP contribution >= 0.6 is 0 Å². The Labute approximate surface area is 91.6 Å². The van der Waals surface area contributed by atoms with E-state index in [1.807, 2.05) is 7.05 Å². The summed E-state index contributed by atoms with van der Waals surface area (Å²) < 4.78 is 0. The monoisotopic (exact) mass is 214 g/mol. The van der Waals surface area contributed by atoms with Crippen molar-refractivity contribution < 1.29 is 9.90 Å². The number of nitrogens with zero attached hydrogens (tertiary/aromatic N) is 1. The number of hydrogen-bond acceptors (Lipinski definition) is 3. The Balaban J connectivity index is 2.46. The van der Waals surface area contributed by atoms with Gasteiger partial charge in [-0.1, -0.05) is 13.8 Å². The van der Waals surface area contributed by atoms with E-state index in [4.69, 9.17) is 5.11 Å². The quantitative estimate of drug-likeness (QED) is 0.686. The molecule has 0 aromatic heterocycles. The Morgan fingerprint density at radius 2 is 2.13 bits per heavy atom. The molecule has 4 nitrogen and oxygen atoms in total. The van der Waals surface area contributed by atoms with Crippen molar-refractivity contribution in [3.05, 3.63) is 0 Å². The summed E-state index contributed by atoms with van der Waals surface area (Å²) in [5, 5.41) is 12.1. The van der Waals surface area contributed by atoms with Crippen LogP contribution in [-0.2, 0) is 4.79 Å². The molecule has 1 saturated heterocycles. The molecule has 0 amide bonds. The van der Waals surface area contributed by atoms with Crippen LogP contribution in [0.25, 0.3) is 0 Å². The molecule has 0 radical (unpaired) electrons. The predicted molar refractivity (Wildman–Crippen MR) is 59.9 cm³/mol. The number of rotatable bonds is 6. The highest BCUT2D eigenvalue weighted by atomic mass is 16.4. The largest absolute Gasteiger partial charge is 0.481 e. The first-order valence-corrected chi connectivity index (χ1v) is 5.60. The minimum atomic E-state index is -0.701. The molecule has 1 rings (SSSR count). The summed E-state index contributed by atoms with van der Waals surface area (Å²) >= 11 is 0. The van der Waals surface area contributed by atoms with Crippen LogP contribution in [0.3, 0.4) is 0 Å². The fourth-order valence-corrected chi connectivity index (χ4v) is 1.91. The average Bonchev–Trinajstić information content (AvgIpc) is 2.06. The van der Waals surface area contributed by atoms with Gasteiger partial charge < -0.3 is 10.4 Å². The second kappa shape index (κ2) is 4.94. The SMILES string of the molecule is CC(C)CCN(C)C1(CC(=O)O)CNC1. The van der Waals surface area contributed by atoms with Gasteiger partial charge in [-0.15, -0.1) is 0 Å². The summed E-state index contributed by atoms with van der Waals surface area (Å²) in [6, 6.07) is 0. The number of carboxylic acids is 1. The van der Waals surface area contributed by atoms with Crippen molar-refractivity contribution in [1.29, 1.82) is 0 Å². The Kier molecular flexibility index (Phi) is 4.11. The lowest BCUT2D eigenvalue weighted by molar-refractivity contribution is -0.141. The first kappa shape index (κ1) is 12.5. The molecule has 1 heterocycles. The van der Waals surface area contributed by atoms with Crippen LogP contribution in [0, 0.1) is 5.92 Å². The first-order valence-electron chi connectivity index (χ1n) is 5.60. The van der Waals surface area contributed by atoms with Gasteiger partial charge >= 0.3 is 5.97 Å². The second-order valence-corrected chi connectivity index (χ2v) is 5.00. The van der Waals surface area contributed by atoms with E-state index in [0.29, 0.717) is 5.92 Å². The molecule has 1 aliphatic heterocycles. The van der Waals surface area contributed by atoms with Crippen molar-refractivity contribution in [2.75, 3.05) is 26.7 Å². The predicted octanol–water partition coefficient (Wildman–Crippen LogP) is 0.781. The summed E-state index contributed by atoms with van der Waals surface area (Å²) in [5.74, 6) is -0.0322. The highest BCUT2D eigenvalue weighted by Crippen LogP contribution is 2.24. The van der Waals surface area contributed by atoms with Crippen molar-refractivity contribution >= 4 is 5.97 Å². The number of aliphatic carboxylic acids is 1. The lowest BCUT2D eigenvalue weighted by Gasteiger charge is -2.48. The minimum absolute atomic E-state index is 0.138. The molecule has 2 N–H and O–H groups in total. The van der Waals surface area contributed by atoms with E-state index < -0.39 is 5.97 Å². The van der Waals surface area contributed by atoms with E-state index in [1.54, 1.807) is 0 Å². The number of likely N-dealkylation sites (N-methyl/N-ethyl adjacent to an activating group) is 1. The van der Waals surface area contributed by atoms with Crippen LogP contribution in [0.1, 0.15) is 26.7 Å². The van der Waals surface area contributed by atoms with Gasteiger partial charge in [0, 0.05) is 13.1 Å². The van der Waals surface area contributed by atoms with Crippen molar-refractivity contribution in [3.8, 4) is 0 Å². The molecular weight excluding hydrogens is 192 g/mol. The van der Waals surface area contributed by atoms with E-state index in [0.717, 1.165) is 26.1 Å². The van der Waals surface area contributed by atoms with E-state index in [1.165, 1.54) is 0 Å². The molecule has 0 spiro atoms. The fraction of sp³-hybridized carbons (Fsp3) is 0.909. The van der Waals surface area contributed by atoms with Crippen molar-refractivity contribution in [2.24, 2.45) is 5.92 Å². The van der Waals surface area contributed by atoms with Gasteiger partial charge in [-0.25, -0.2) is 0 Å². The fourth-order valence-electron chi connectivity index (χ4n) is 1.91. The topological polar surface area (TPSA) is 52.6 Å². The molecule has 0 aromatic carbocycles. The summed E-state index contributed by atoms with van der Waals surface area (Å²) in [6.45, 7) is 6.96. The smallest absolute Gasteiger partial charge is 0.305 e. The maximum Gasteiger partial charge on any atom is 0.305 e. The second-order valence-electron chi connectivity index (χ2n) is 5.00. The summed E-state index contributed by atoms with van der Waals surface area (Å²) in [5.41, 5.74) is -0.138. The third-order valence-corrected chi connectivity index (χ3v) is 3.24. The van der Waals surface area contributed by atoms with Crippen LogP contribution in [0.4, 0.5) is 0 Å². The van der Waals surface area contributed by atoms with Gasteiger partial charge in [-0.05, 0) is 25.9 Å². The van der Waals surface area contributed by atoms with Gasteiger partial charge in [0.15, 0.2) is 0 Å².